The van der Waals surface area contributed by atoms with Crippen LogP contribution in [-0.4, -0.2) is 50.6 Å². The molecule has 7 nitrogen and oxygen atoms in total. The topological polar surface area (TPSA) is 116 Å². The van der Waals surface area contributed by atoms with Gasteiger partial charge in [0.15, 0.2) is 14.7 Å². The summed E-state index contributed by atoms with van der Waals surface area (Å²) in [7, 11) is -3.44. The van der Waals surface area contributed by atoms with Gasteiger partial charge in [-0.15, -0.1) is 0 Å². The highest BCUT2D eigenvalue weighted by Gasteiger charge is 2.30. The van der Waals surface area contributed by atoms with E-state index in [2.05, 4.69) is 5.32 Å². The molecule has 25 heavy (non-hydrogen) atoms. The molecule has 1 aromatic rings. The van der Waals surface area contributed by atoms with Crippen LogP contribution in [0.15, 0.2) is 29.2 Å². The Hall–Kier alpha value is -1.42. The zero-order valence-corrected chi connectivity index (χ0v) is 15.4. The highest BCUT2D eigenvalue weighted by Crippen LogP contribution is 2.24. The zero-order chi connectivity index (χ0) is 19.2. The molecule has 1 amide bonds. The Morgan fingerprint density at radius 2 is 1.84 bits per heavy atom. The molecule has 0 radical (unpaired) electrons. The van der Waals surface area contributed by atoms with Crippen molar-refractivity contribution in [2.24, 2.45) is 5.73 Å². The number of sulfone groups is 1. The molecule has 3 N–H and O–H groups in total. The van der Waals surface area contributed by atoms with Gasteiger partial charge in [-0.3, -0.25) is 9.59 Å². The van der Waals surface area contributed by atoms with E-state index in [0.717, 1.165) is 6.26 Å². The van der Waals surface area contributed by atoms with Crippen molar-refractivity contribution in [1.29, 1.82) is 0 Å². The first-order chi connectivity index (χ1) is 11.6. The van der Waals surface area contributed by atoms with Gasteiger partial charge in [0, 0.05) is 6.26 Å². The third-order valence-electron chi connectivity index (χ3n) is 3.12. The second kappa shape index (κ2) is 9.33. The average molecular weight is 415 g/mol. The average Bonchev–Trinajstić information content (AvgIpc) is 2.56. The number of nitrogens with one attached hydrogen (secondary N) is 1. The molecule has 140 valence electrons. The smallest absolute Gasteiger partial charge is 0.320 e. The van der Waals surface area contributed by atoms with Crippen LogP contribution in [0.3, 0.4) is 0 Å². The number of alkyl halides is 3. The molecule has 0 aliphatic heterocycles. The second-order valence-corrected chi connectivity index (χ2v) is 8.14. The lowest BCUT2D eigenvalue weighted by molar-refractivity contribution is -0.150. The Balaban J connectivity index is 3.18. The molecule has 1 aromatic carbocycles. The van der Waals surface area contributed by atoms with E-state index < -0.39 is 51.9 Å². The largest absolute Gasteiger partial charge is 0.454 e. The molecule has 0 bridgehead atoms. The minimum absolute atomic E-state index is 0.0302. The first-order valence-electron chi connectivity index (χ1n) is 6.94. The summed E-state index contributed by atoms with van der Waals surface area (Å²) in [6, 6.07) is 3.96. The summed E-state index contributed by atoms with van der Waals surface area (Å²) in [4.78, 5) is 21.7. The van der Waals surface area contributed by atoms with Crippen LogP contribution in [0.1, 0.15) is 11.7 Å². The van der Waals surface area contributed by atoms with E-state index in [9.17, 15) is 22.4 Å². The summed E-state index contributed by atoms with van der Waals surface area (Å²) < 4.78 is 41.5. The molecule has 0 unspecified atom stereocenters. The number of rotatable bonds is 8. The molecule has 1 rings (SSSR count). The quantitative estimate of drug-likeness (QED) is 0.481. The van der Waals surface area contributed by atoms with Crippen molar-refractivity contribution in [3.8, 4) is 0 Å². The monoisotopic (exact) mass is 414 g/mol. The lowest BCUT2D eigenvalue weighted by atomic mass is 10.0. The summed E-state index contributed by atoms with van der Waals surface area (Å²) >= 11 is 10.8. The van der Waals surface area contributed by atoms with Gasteiger partial charge in [-0.1, -0.05) is 35.3 Å². The van der Waals surface area contributed by atoms with Gasteiger partial charge >= 0.3 is 5.97 Å². The van der Waals surface area contributed by atoms with E-state index in [1.165, 1.54) is 24.3 Å². The van der Waals surface area contributed by atoms with Crippen LogP contribution in [0.4, 0.5) is 4.39 Å². The maximum atomic E-state index is 13.4. The predicted molar refractivity (Wildman–Crippen MR) is 90.8 cm³/mol. The Labute approximate surface area is 154 Å². The number of hydrogen-bond acceptors (Lipinski definition) is 6. The molecular formula is C14H17Cl2FN2O5S. The Bertz CT molecular complexity index is 712. The first-order valence-corrected chi connectivity index (χ1v) is 9.70. The van der Waals surface area contributed by atoms with E-state index in [0.29, 0.717) is 0 Å². The van der Waals surface area contributed by atoms with Crippen LogP contribution in [-0.2, 0) is 24.2 Å². The fourth-order valence-corrected chi connectivity index (χ4v) is 2.67. The molecule has 2 atom stereocenters. The van der Waals surface area contributed by atoms with Gasteiger partial charge in [0.25, 0.3) is 5.91 Å². The first kappa shape index (κ1) is 21.6. The third-order valence-corrected chi connectivity index (χ3v) is 4.64. The molecule has 0 saturated heterocycles. The van der Waals surface area contributed by atoms with Crippen molar-refractivity contribution >= 4 is 44.9 Å². The fourth-order valence-electron chi connectivity index (χ4n) is 1.92. The van der Waals surface area contributed by atoms with Gasteiger partial charge in [0.05, 0.1) is 17.5 Å². The number of carbonyl (C=O) groups excluding carboxylic acids is 2. The lowest BCUT2D eigenvalue weighted by Crippen LogP contribution is -2.44. The minimum atomic E-state index is -3.44. The van der Waals surface area contributed by atoms with E-state index in [1.807, 2.05) is 0 Å². The SMILES string of the molecule is CS(=O)(=O)c1ccc([C@@H](OC(=O)CN)[C@@H](CF)NC(=O)C(Cl)Cl)cc1. The maximum absolute atomic E-state index is 13.4. The van der Waals surface area contributed by atoms with Crippen LogP contribution in [0.5, 0.6) is 0 Å². The Kier molecular flexibility index (Phi) is 8.07. The number of halogens is 3. The highest BCUT2D eigenvalue weighted by atomic mass is 35.5. The van der Waals surface area contributed by atoms with E-state index in [1.54, 1.807) is 0 Å². The zero-order valence-electron chi connectivity index (χ0n) is 13.1. The molecule has 0 saturated carbocycles. The summed E-state index contributed by atoms with van der Waals surface area (Å²) in [5.74, 6) is -1.70. The Morgan fingerprint density at radius 3 is 2.24 bits per heavy atom. The van der Waals surface area contributed by atoms with E-state index in [-0.39, 0.29) is 10.5 Å². The van der Waals surface area contributed by atoms with Gasteiger partial charge < -0.3 is 15.8 Å². The molecular weight excluding hydrogens is 398 g/mol. The number of carbonyl (C=O) groups is 2. The standard InChI is InChI=1S/C14H17Cl2FN2O5S/c1-25(22,23)9-4-2-8(3-5-9)12(24-11(20)7-18)10(6-17)19-14(21)13(15)16/h2-5,10,12-13H,6-7,18H2,1H3,(H,19,21)/t10-,12-/m1/s1. The minimum Gasteiger partial charge on any atom is -0.454 e. The van der Waals surface area contributed by atoms with Crippen molar-refractivity contribution in [3.05, 3.63) is 29.8 Å². The summed E-state index contributed by atoms with van der Waals surface area (Å²) in [5, 5.41) is 2.22. The number of esters is 1. The molecule has 0 heterocycles. The van der Waals surface area contributed by atoms with Gasteiger partial charge in [-0.05, 0) is 17.7 Å². The maximum Gasteiger partial charge on any atom is 0.320 e. The number of hydrogen-bond donors (Lipinski definition) is 2. The van der Waals surface area contributed by atoms with Crippen molar-refractivity contribution in [1.82, 2.24) is 5.32 Å². The van der Waals surface area contributed by atoms with Crippen LogP contribution in [0.2, 0.25) is 0 Å². The number of amides is 1. The molecule has 0 aromatic heterocycles. The van der Waals surface area contributed by atoms with E-state index >= 15 is 0 Å². The number of benzene rings is 1. The van der Waals surface area contributed by atoms with Gasteiger partial charge in [-0.2, -0.15) is 0 Å². The van der Waals surface area contributed by atoms with Crippen LogP contribution < -0.4 is 11.1 Å². The van der Waals surface area contributed by atoms with Crippen molar-refractivity contribution in [2.75, 3.05) is 19.5 Å². The predicted octanol–water partition coefficient (Wildman–Crippen LogP) is 0.891. The van der Waals surface area contributed by atoms with Crippen molar-refractivity contribution < 1.29 is 27.1 Å². The van der Waals surface area contributed by atoms with Crippen molar-refractivity contribution in [2.45, 2.75) is 21.9 Å². The van der Waals surface area contributed by atoms with Crippen LogP contribution in [0, 0.1) is 0 Å². The highest BCUT2D eigenvalue weighted by molar-refractivity contribution is 7.90. The van der Waals surface area contributed by atoms with Gasteiger partial charge in [-0.25, -0.2) is 12.8 Å². The third kappa shape index (κ3) is 6.43. The Morgan fingerprint density at radius 1 is 1.28 bits per heavy atom. The number of nitrogens with two attached hydrogens (primary N) is 1. The second-order valence-electron chi connectivity index (χ2n) is 5.03. The summed E-state index contributed by atoms with van der Waals surface area (Å²) in [6.07, 6.45) is -0.217. The molecule has 11 heteroatoms. The van der Waals surface area contributed by atoms with Gasteiger partial charge in [0.2, 0.25) is 0 Å². The van der Waals surface area contributed by atoms with E-state index in [4.69, 9.17) is 33.7 Å². The summed E-state index contributed by atoms with van der Waals surface area (Å²) in [5.41, 5.74) is 5.46. The molecule has 0 fully saturated rings. The summed E-state index contributed by atoms with van der Waals surface area (Å²) in [6.45, 7) is -1.55. The molecule has 0 aliphatic rings. The van der Waals surface area contributed by atoms with Gasteiger partial charge in [0.1, 0.15) is 12.8 Å². The van der Waals surface area contributed by atoms with Crippen LogP contribution >= 0.6 is 23.2 Å². The number of ether oxygens (including phenoxy) is 1. The fraction of sp³-hybridized carbons (Fsp3) is 0.429. The normalized spacial score (nSPS) is 14.0. The van der Waals surface area contributed by atoms with Crippen LogP contribution in [0.25, 0.3) is 0 Å². The molecule has 0 spiro atoms. The lowest BCUT2D eigenvalue weighted by Gasteiger charge is -2.26. The molecule has 0 aliphatic carbocycles. The van der Waals surface area contributed by atoms with Crippen molar-refractivity contribution in [3.63, 3.8) is 0 Å².